The first-order valence-corrected chi connectivity index (χ1v) is 9.38. The largest absolute Gasteiger partial charge is 0.441 e. The Labute approximate surface area is 167 Å². The minimum Gasteiger partial charge on any atom is -0.441 e. The summed E-state index contributed by atoms with van der Waals surface area (Å²) in [7, 11) is 0. The summed E-state index contributed by atoms with van der Waals surface area (Å²) >= 11 is 0. The van der Waals surface area contributed by atoms with Crippen molar-refractivity contribution in [1.29, 1.82) is 0 Å². The minimum absolute atomic E-state index is 0.0193. The number of anilines is 1. The second-order valence-electron chi connectivity index (χ2n) is 6.91. The van der Waals surface area contributed by atoms with Crippen molar-refractivity contribution >= 4 is 17.5 Å². The molecule has 29 heavy (non-hydrogen) atoms. The van der Waals surface area contributed by atoms with Crippen LogP contribution in [0.15, 0.2) is 52.9 Å². The number of nitrogens with one attached hydrogen (secondary N) is 1. The van der Waals surface area contributed by atoms with Crippen molar-refractivity contribution in [3.8, 4) is 11.5 Å². The SMILES string of the molecule is Cc1oc(-c2cccc(F)c2)nc1CC(=O)NCC(=O)N1CCc2ccccc21. The van der Waals surface area contributed by atoms with Crippen LogP contribution in [0.5, 0.6) is 0 Å². The van der Waals surface area contributed by atoms with Gasteiger partial charge in [0.15, 0.2) is 0 Å². The number of oxazole rings is 1. The van der Waals surface area contributed by atoms with E-state index < -0.39 is 0 Å². The molecule has 148 valence electrons. The minimum atomic E-state index is -0.389. The lowest BCUT2D eigenvalue weighted by Crippen LogP contribution is -2.40. The third-order valence-corrected chi connectivity index (χ3v) is 4.92. The molecule has 0 fully saturated rings. The fourth-order valence-corrected chi connectivity index (χ4v) is 3.42. The molecule has 1 aromatic heterocycles. The van der Waals surface area contributed by atoms with Gasteiger partial charge in [0.1, 0.15) is 11.6 Å². The number of halogens is 1. The number of nitrogens with zero attached hydrogens (tertiary/aromatic N) is 2. The molecule has 0 aliphatic carbocycles. The lowest BCUT2D eigenvalue weighted by Gasteiger charge is -2.17. The lowest BCUT2D eigenvalue weighted by molar-refractivity contribution is -0.124. The van der Waals surface area contributed by atoms with E-state index in [1.54, 1.807) is 24.0 Å². The molecule has 2 aromatic carbocycles. The molecule has 1 N–H and O–H groups in total. The predicted molar refractivity (Wildman–Crippen MR) is 106 cm³/mol. The highest BCUT2D eigenvalue weighted by Crippen LogP contribution is 2.27. The van der Waals surface area contributed by atoms with E-state index in [2.05, 4.69) is 10.3 Å². The van der Waals surface area contributed by atoms with Gasteiger partial charge in [0.05, 0.1) is 18.7 Å². The van der Waals surface area contributed by atoms with Crippen LogP contribution < -0.4 is 10.2 Å². The fourth-order valence-electron chi connectivity index (χ4n) is 3.42. The van der Waals surface area contributed by atoms with Gasteiger partial charge in [-0.15, -0.1) is 0 Å². The van der Waals surface area contributed by atoms with Gasteiger partial charge >= 0.3 is 0 Å². The first-order chi connectivity index (χ1) is 14.0. The number of aromatic nitrogens is 1. The zero-order chi connectivity index (χ0) is 20.4. The quantitative estimate of drug-likeness (QED) is 0.723. The molecule has 0 spiro atoms. The fraction of sp³-hybridized carbons (Fsp3) is 0.227. The molecule has 1 aliphatic heterocycles. The van der Waals surface area contributed by atoms with Gasteiger partial charge in [0, 0.05) is 17.8 Å². The molecule has 0 unspecified atom stereocenters. The summed E-state index contributed by atoms with van der Waals surface area (Å²) in [5.41, 5.74) is 3.00. The van der Waals surface area contributed by atoms with Gasteiger partial charge in [-0.3, -0.25) is 9.59 Å². The Morgan fingerprint density at radius 2 is 2.03 bits per heavy atom. The molecule has 6 nitrogen and oxygen atoms in total. The van der Waals surface area contributed by atoms with Crippen molar-refractivity contribution in [3.05, 3.63) is 71.4 Å². The summed E-state index contributed by atoms with van der Waals surface area (Å²) in [6, 6.07) is 13.7. The van der Waals surface area contributed by atoms with Crippen LogP contribution >= 0.6 is 0 Å². The van der Waals surface area contributed by atoms with E-state index in [4.69, 9.17) is 4.42 Å². The second kappa shape index (κ2) is 7.87. The molecule has 0 atom stereocenters. The molecular formula is C22H20FN3O3. The zero-order valence-electron chi connectivity index (χ0n) is 15.9. The molecule has 7 heteroatoms. The van der Waals surface area contributed by atoms with E-state index in [-0.39, 0.29) is 36.5 Å². The Bertz CT molecular complexity index is 1080. The summed E-state index contributed by atoms with van der Waals surface area (Å²) < 4.78 is 19.0. The average Bonchev–Trinajstić information content (AvgIpc) is 3.30. The smallest absolute Gasteiger partial charge is 0.246 e. The highest BCUT2D eigenvalue weighted by Gasteiger charge is 2.24. The van der Waals surface area contributed by atoms with Gasteiger partial charge in [0.2, 0.25) is 17.7 Å². The van der Waals surface area contributed by atoms with Gasteiger partial charge < -0.3 is 14.6 Å². The van der Waals surface area contributed by atoms with Crippen LogP contribution in [0.1, 0.15) is 17.0 Å². The number of hydrogen-bond acceptors (Lipinski definition) is 4. The molecule has 3 aromatic rings. The van der Waals surface area contributed by atoms with Crippen LogP contribution in [0.3, 0.4) is 0 Å². The summed E-state index contributed by atoms with van der Waals surface area (Å²) in [5.74, 6) is -0.123. The van der Waals surface area contributed by atoms with Crippen LogP contribution in [0, 0.1) is 12.7 Å². The lowest BCUT2D eigenvalue weighted by atomic mass is 10.2. The standard InChI is InChI=1S/C22H20FN3O3/c1-14-18(25-22(29-14)16-6-4-7-17(23)11-16)12-20(27)24-13-21(28)26-10-9-15-5-2-3-8-19(15)26/h2-8,11H,9-10,12-13H2,1H3,(H,24,27). The molecule has 1 aliphatic rings. The third kappa shape index (κ3) is 4.03. The maximum absolute atomic E-state index is 13.4. The molecule has 4 rings (SSSR count). The Hall–Kier alpha value is -3.48. The molecule has 0 saturated heterocycles. The molecule has 2 heterocycles. The first-order valence-electron chi connectivity index (χ1n) is 9.38. The van der Waals surface area contributed by atoms with E-state index in [1.165, 1.54) is 12.1 Å². The maximum atomic E-state index is 13.4. The topological polar surface area (TPSA) is 75.4 Å². The second-order valence-corrected chi connectivity index (χ2v) is 6.91. The Kier molecular flexibility index (Phi) is 5.12. The number of amides is 2. The zero-order valence-corrected chi connectivity index (χ0v) is 15.9. The predicted octanol–water partition coefficient (Wildman–Crippen LogP) is 3.04. The molecule has 0 bridgehead atoms. The number of rotatable bonds is 5. The highest BCUT2D eigenvalue weighted by molar-refractivity contribution is 5.98. The van der Waals surface area contributed by atoms with Gasteiger partial charge in [-0.05, 0) is 43.2 Å². The van der Waals surface area contributed by atoms with Crippen molar-refractivity contribution in [2.45, 2.75) is 19.8 Å². The number of para-hydroxylation sites is 1. The highest BCUT2D eigenvalue weighted by atomic mass is 19.1. The van der Waals surface area contributed by atoms with Crippen molar-refractivity contribution in [2.75, 3.05) is 18.0 Å². The number of fused-ring (bicyclic) bond motifs is 1. The van der Waals surface area contributed by atoms with E-state index in [0.29, 0.717) is 23.6 Å². The summed E-state index contributed by atoms with van der Waals surface area (Å²) in [6.45, 7) is 2.24. The average molecular weight is 393 g/mol. The van der Waals surface area contributed by atoms with Gasteiger partial charge in [-0.1, -0.05) is 24.3 Å². The number of hydrogen-bond donors (Lipinski definition) is 1. The monoisotopic (exact) mass is 393 g/mol. The van der Waals surface area contributed by atoms with Gasteiger partial charge in [-0.2, -0.15) is 0 Å². The molecule has 0 radical (unpaired) electrons. The van der Waals surface area contributed by atoms with Crippen LogP contribution in [0.25, 0.3) is 11.5 Å². The van der Waals surface area contributed by atoms with E-state index in [0.717, 1.165) is 17.7 Å². The van der Waals surface area contributed by atoms with Crippen LogP contribution in [0.4, 0.5) is 10.1 Å². The summed E-state index contributed by atoms with van der Waals surface area (Å²) in [5, 5.41) is 2.65. The number of aryl methyl sites for hydroxylation is 1. The maximum Gasteiger partial charge on any atom is 0.246 e. The van der Waals surface area contributed by atoms with Gasteiger partial charge in [0.25, 0.3) is 0 Å². The first kappa shape index (κ1) is 18.9. The summed E-state index contributed by atoms with van der Waals surface area (Å²) in [6.07, 6.45) is 0.797. The van der Waals surface area contributed by atoms with Crippen molar-refractivity contribution in [2.24, 2.45) is 0 Å². The summed E-state index contributed by atoms with van der Waals surface area (Å²) in [4.78, 5) is 30.8. The van der Waals surface area contributed by atoms with Crippen LogP contribution in [0.2, 0.25) is 0 Å². The number of carbonyl (C=O) groups is 2. The Morgan fingerprint density at radius 1 is 1.21 bits per heavy atom. The third-order valence-electron chi connectivity index (χ3n) is 4.92. The van der Waals surface area contributed by atoms with Crippen molar-refractivity contribution < 1.29 is 18.4 Å². The molecule has 0 saturated carbocycles. The van der Waals surface area contributed by atoms with Crippen molar-refractivity contribution in [3.63, 3.8) is 0 Å². The Morgan fingerprint density at radius 3 is 2.86 bits per heavy atom. The van der Waals surface area contributed by atoms with Crippen LogP contribution in [-0.2, 0) is 22.4 Å². The normalized spacial score (nSPS) is 12.7. The van der Waals surface area contributed by atoms with Crippen molar-refractivity contribution in [1.82, 2.24) is 10.3 Å². The Balaban J connectivity index is 1.36. The van der Waals surface area contributed by atoms with E-state index >= 15 is 0 Å². The molecule has 2 amide bonds. The van der Waals surface area contributed by atoms with E-state index in [1.807, 2.05) is 24.3 Å². The molecular weight excluding hydrogens is 373 g/mol. The van der Waals surface area contributed by atoms with Crippen LogP contribution in [-0.4, -0.2) is 29.9 Å². The number of benzene rings is 2. The van der Waals surface area contributed by atoms with Gasteiger partial charge in [-0.25, -0.2) is 9.37 Å². The number of carbonyl (C=O) groups excluding carboxylic acids is 2. The van der Waals surface area contributed by atoms with E-state index in [9.17, 15) is 14.0 Å².